The molecule has 2 saturated heterocycles. The molecular formula is C17H19Cl2NO4. The molecule has 1 aromatic rings. The van der Waals surface area contributed by atoms with E-state index >= 15 is 0 Å². The third kappa shape index (κ3) is 3.85. The first-order valence-electron chi connectivity index (χ1n) is 8.05. The van der Waals surface area contributed by atoms with Crippen molar-refractivity contribution in [1.82, 2.24) is 4.90 Å². The molecule has 2 atom stereocenters. The zero-order valence-corrected chi connectivity index (χ0v) is 14.7. The number of amides is 1. The molecule has 2 fully saturated rings. The van der Waals surface area contributed by atoms with Crippen LogP contribution in [-0.4, -0.2) is 43.1 Å². The van der Waals surface area contributed by atoms with Gasteiger partial charge in [0.1, 0.15) is 0 Å². The summed E-state index contributed by atoms with van der Waals surface area (Å²) in [7, 11) is 0. The number of rotatable bonds is 4. The summed E-state index contributed by atoms with van der Waals surface area (Å²) >= 11 is 12.0. The van der Waals surface area contributed by atoms with E-state index in [0.717, 1.165) is 18.4 Å². The molecule has 2 aliphatic heterocycles. The number of hydrogen-bond donors (Lipinski definition) is 0. The van der Waals surface area contributed by atoms with Gasteiger partial charge in [0.15, 0.2) is 6.61 Å². The molecule has 0 radical (unpaired) electrons. The highest BCUT2D eigenvalue weighted by Gasteiger charge is 2.32. The van der Waals surface area contributed by atoms with E-state index in [4.69, 9.17) is 32.7 Å². The van der Waals surface area contributed by atoms with Gasteiger partial charge in [-0.1, -0.05) is 29.3 Å². The van der Waals surface area contributed by atoms with Crippen molar-refractivity contribution in [2.45, 2.75) is 25.3 Å². The lowest BCUT2D eigenvalue weighted by Gasteiger charge is -2.25. The highest BCUT2D eigenvalue weighted by molar-refractivity contribution is 6.42. The Morgan fingerprint density at radius 2 is 2.08 bits per heavy atom. The summed E-state index contributed by atoms with van der Waals surface area (Å²) in [6.45, 7) is 1.36. The maximum absolute atomic E-state index is 12.5. The number of nitrogens with zero attached hydrogens (tertiary/aromatic N) is 1. The lowest BCUT2D eigenvalue weighted by atomic mass is 10.0. The monoisotopic (exact) mass is 371 g/mol. The Hall–Kier alpha value is -1.30. The van der Waals surface area contributed by atoms with Crippen LogP contribution < -0.4 is 0 Å². The summed E-state index contributed by atoms with van der Waals surface area (Å²) in [6.07, 6.45) is 2.41. The number of ether oxygens (including phenoxy) is 2. The minimum Gasteiger partial charge on any atom is -0.455 e. The molecule has 0 unspecified atom stereocenters. The number of carbonyl (C=O) groups excluding carboxylic acids is 2. The molecular weight excluding hydrogens is 353 g/mol. The van der Waals surface area contributed by atoms with Crippen LogP contribution in [0.15, 0.2) is 18.2 Å². The zero-order valence-electron chi connectivity index (χ0n) is 13.2. The summed E-state index contributed by atoms with van der Waals surface area (Å²) in [5.41, 5.74) is 0.950. The summed E-state index contributed by atoms with van der Waals surface area (Å²) in [5, 5.41) is 0.963. The molecule has 0 saturated carbocycles. The smallest absolute Gasteiger partial charge is 0.311 e. The Morgan fingerprint density at radius 3 is 2.79 bits per heavy atom. The van der Waals surface area contributed by atoms with Gasteiger partial charge in [-0.05, 0) is 37.0 Å². The van der Waals surface area contributed by atoms with Crippen molar-refractivity contribution in [2.24, 2.45) is 5.92 Å². The van der Waals surface area contributed by atoms with E-state index in [-0.39, 0.29) is 30.4 Å². The zero-order chi connectivity index (χ0) is 17.1. The summed E-state index contributed by atoms with van der Waals surface area (Å²) in [5.74, 6) is -0.788. The fourth-order valence-corrected chi connectivity index (χ4v) is 3.49. The van der Waals surface area contributed by atoms with Crippen molar-refractivity contribution >= 4 is 35.1 Å². The van der Waals surface area contributed by atoms with Crippen LogP contribution in [0.5, 0.6) is 0 Å². The molecule has 3 rings (SSSR count). The van der Waals surface area contributed by atoms with Crippen LogP contribution in [0.4, 0.5) is 0 Å². The second-order valence-electron chi connectivity index (χ2n) is 6.09. The van der Waals surface area contributed by atoms with Crippen LogP contribution in [0, 0.1) is 5.92 Å². The van der Waals surface area contributed by atoms with E-state index in [0.29, 0.717) is 36.2 Å². The van der Waals surface area contributed by atoms with Gasteiger partial charge in [-0.3, -0.25) is 9.59 Å². The van der Waals surface area contributed by atoms with E-state index in [1.165, 1.54) is 0 Å². The van der Waals surface area contributed by atoms with E-state index in [1.54, 1.807) is 17.0 Å². The fourth-order valence-electron chi connectivity index (χ4n) is 3.19. The Labute approximate surface area is 150 Å². The summed E-state index contributed by atoms with van der Waals surface area (Å²) in [4.78, 5) is 26.1. The first kappa shape index (κ1) is 17.5. The number of carbonyl (C=O) groups is 2. The predicted molar refractivity (Wildman–Crippen MR) is 90.0 cm³/mol. The van der Waals surface area contributed by atoms with Gasteiger partial charge in [-0.15, -0.1) is 0 Å². The number of hydrogen-bond acceptors (Lipinski definition) is 4. The van der Waals surface area contributed by atoms with Crippen molar-refractivity contribution in [3.05, 3.63) is 33.8 Å². The largest absolute Gasteiger partial charge is 0.455 e. The lowest BCUT2D eigenvalue weighted by molar-refractivity contribution is -0.155. The second-order valence-corrected chi connectivity index (χ2v) is 6.90. The van der Waals surface area contributed by atoms with Gasteiger partial charge in [0.2, 0.25) is 0 Å². The average Bonchev–Trinajstić information content (AvgIpc) is 3.26. The Balaban J connectivity index is 1.60. The van der Waals surface area contributed by atoms with Crippen molar-refractivity contribution in [3.63, 3.8) is 0 Å². The molecule has 0 N–H and O–H groups in total. The highest BCUT2D eigenvalue weighted by Crippen LogP contribution is 2.35. The molecule has 24 heavy (non-hydrogen) atoms. The number of halogens is 2. The molecule has 0 aromatic heterocycles. The van der Waals surface area contributed by atoms with Crippen LogP contribution in [0.2, 0.25) is 10.0 Å². The van der Waals surface area contributed by atoms with Crippen molar-refractivity contribution < 1.29 is 19.1 Å². The molecule has 2 heterocycles. The van der Waals surface area contributed by atoms with E-state index in [2.05, 4.69) is 0 Å². The minimum atomic E-state index is -0.355. The van der Waals surface area contributed by atoms with Crippen LogP contribution in [0.25, 0.3) is 0 Å². The molecule has 5 nitrogen and oxygen atoms in total. The van der Waals surface area contributed by atoms with Crippen LogP contribution >= 0.6 is 23.2 Å². The summed E-state index contributed by atoms with van der Waals surface area (Å²) in [6, 6.07) is 5.36. The first-order chi connectivity index (χ1) is 11.6. The molecule has 0 bridgehead atoms. The Bertz CT molecular complexity index is 631. The molecule has 130 valence electrons. The topological polar surface area (TPSA) is 55.8 Å². The fraction of sp³-hybridized carbons (Fsp3) is 0.529. The van der Waals surface area contributed by atoms with Gasteiger partial charge in [-0.25, -0.2) is 0 Å². The third-order valence-corrected chi connectivity index (χ3v) is 5.24. The Kier molecular flexibility index (Phi) is 5.64. The molecule has 7 heteroatoms. The number of benzene rings is 1. The highest BCUT2D eigenvalue weighted by atomic mass is 35.5. The molecule has 0 spiro atoms. The Morgan fingerprint density at radius 1 is 1.25 bits per heavy atom. The van der Waals surface area contributed by atoms with Crippen LogP contribution in [0.1, 0.15) is 30.9 Å². The normalized spacial score (nSPS) is 23.5. The summed E-state index contributed by atoms with van der Waals surface area (Å²) < 4.78 is 10.3. The van der Waals surface area contributed by atoms with Gasteiger partial charge in [0.05, 0.1) is 28.6 Å². The van der Waals surface area contributed by atoms with Gasteiger partial charge in [0, 0.05) is 13.2 Å². The maximum atomic E-state index is 12.5. The van der Waals surface area contributed by atoms with Crippen molar-refractivity contribution in [1.29, 1.82) is 0 Å². The van der Waals surface area contributed by atoms with E-state index in [9.17, 15) is 9.59 Å². The van der Waals surface area contributed by atoms with E-state index in [1.807, 2.05) is 6.07 Å². The van der Waals surface area contributed by atoms with E-state index < -0.39 is 0 Å². The molecule has 1 aromatic carbocycles. The van der Waals surface area contributed by atoms with Crippen molar-refractivity contribution in [3.8, 4) is 0 Å². The van der Waals surface area contributed by atoms with Gasteiger partial charge >= 0.3 is 5.97 Å². The predicted octanol–water partition coefficient (Wildman–Crippen LogP) is 3.24. The van der Waals surface area contributed by atoms with Gasteiger partial charge < -0.3 is 14.4 Å². The average molecular weight is 372 g/mol. The van der Waals surface area contributed by atoms with Crippen LogP contribution in [0.3, 0.4) is 0 Å². The minimum absolute atomic E-state index is 0.0548. The number of likely N-dealkylation sites (tertiary alicyclic amines) is 1. The molecule has 0 aliphatic carbocycles. The SMILES string of the molecule is O=C(OCC(=O)N1CCC[C@H]1c1ccc(Cl)c(Cl)c1)[C@@H]1CCOC1. The van der Waals surface area contributed by atoms with Gasteiger partial charge in [-0.2, -0.15) is 0 Å². The maximum Gasteiger partial charge on any atom is 0.311 e. The third-order valence-electron chi connectivity index (χ3n) is 4.50. The standard InChI is InChI=1S/C17H19Cl2NO4/c18-13-4-3-11(8-14(13)19)15-2-1-6-20(15)16(21)10-24-17(22)12-5-7-23-9-12/h3-4,8,12,15H,1-2,5-7,9-10H2/t12-,15+/m1/s1. The van der Waals surface area contributed by atoms with Crippen molar-refractivity contribution in [2.75, 3.05) is 26.4 Å². The molecule has 2 aliphatic rings. The second kappa shape index (κ2) is 7.72. The van der Waals surface area contributed by atoms with Crippen LogP contribution in [-0.2, 0) is 19.1 Å². The first-order valence-corrected chi connectivity index (χ1v) is 8.80. The lowest BCUT2D eigenvalue weighted by Crippen LogP contribution is -2.35. The molecule has 1 amide bonds. The quantitative estimate of drug-likeness (QED) is 0.762. The number of esters is 1. The van der Waals surface area contributed by atoms with Gasteiger partial charge in [0.25, 0.3) is 5.91 Å².